The van der Waals surface area contributed by atoms with Gasteiger partial charge in [0.25, 0.3) is 5.91 Å². The summed E-state index contributed by atoms with van der Waals surface area (Å²) in [6, 6.07) is 1.87. The Labute approximate surface area is 115 Å². The van der Waals surface area contributed by atoms with E-state index in [1.807, 2.05) is 19.9 Å². The molecule has 2 atom stereocenters. The van der Waals surface area contributed by atoms with Crippen molar-refractivity contribution >= 4 is 35.3 Å². The van der Waals surface area contributed by atoms with Crippen molar-refractivity contribution in [3.63, 3.8) is 0 Å². The number of alkyl halides is 2. The van der Waals surface area contributed by atoms with E-state index < -0.39 is 10.8 Å². The fraction of sp³-hybridized carbons (Fsp3) is 0.455. The van der Waals surface area contributed by atoms with E-state index in [1.165, 1.54) is 11.2 Å². The molecule has 0 aromatic carbocycles. The number of carbonyl (C=O) groups is 1. The molecule has 1 aromatic rings. The van der Waals surface area contributed by atoms with Gasteiger partial charge in [-0.25, -0.2) is 15.0 Å². The van der Waals surface area contributed by atoms with Crippen LogP contribution in [-0.2, 0) is 11.3 Å². The summed E-state index contributed by atoms with van der Waals surface area (Å²) in [7, 11) is 0. The van der Waals surface area contributed by atoms with Crippen molar-refractivity contribution in [3.05, 3.63) is 23.3 Å². The number of hydrazone groups is 1. The zero-order chi connectivity index (χ0) is 13.3. The van der Waals surface area contributed by atoms with Gasteiger partial charge in [0, 0.05) is 17.6 Å². The summed E-state index contributed by atoms with van der Waals surface area (Å²) in [5.74, 6) is 0.205. The van der Waals surface area contributed by atoms with Gasteiger partial charge < -0.3 is 0 Å². The number of carbonyl (C=O) groups excluding carboxylic acids is 1. The molecule has 0 radical (unpaired) electrons. The van der Waals surface area contributed by atoms with E-state index in [0.29, 0.717) is 5.82 Å². The normalized spacial score (nSPS) is 23.6. The number of hydrogen-bond donors (Lipinski definition) is 0. The van der Waals surface area contributed by atoms with Crippen LogP contribution in [0.25, 0.3) is 0 Å². The topological polar surface area (TPSA) is 58.5 Å². The lowest BCUT2D eigenvalue weighted by atomic mass is 10.2. The van der Waals surface area contributed by atoms with Gasteiger partial charge in [0.1, 0.15) is 17.7 Å². The molecule has 0 N–H and O–H groups in total. The van der Waals surface area contributed by atoms with Crippen molar-refractivity contribution in [1.82, 2.24) is 15.0 Å². The number of aromatic nitrogens is 2. The minimum Gasteiger partial charge on any atom is -0.271 e. The standard InChI is InChI=1S/C11H12Cl2N4O/c1-6-3-7(2)16-9(15-6)5-17-11(18)10(13)8(12)4-14-17/h3-4,8,10H,5H2,1-2H3. The fourth-order valence-electron chi connectivity index (χ4n) is 1.68. The quantitative estimate of drug-likeness (QED) is 0.777. The maximum atomic E-state index is 11.9. The Kier molecular flexibility index (Phi) is 3.82. The van der Waals surface area contributed by atoms with Crippen LogP contribution >= 0.6 is 23.2 Å². The van der Waals surface area contributed by atoms with Gasteiger partial charge in [-0.15, -0.1) is 23.2 Å². The highest BCUT2D eigenvalue weighted by Crippen LogP contribution is 2.18. The first-order valence-corrected chi connectivity index (χ1v) is 6.29. The molecule has 1 aromatic heterocycles. The van der Waals surface area contributed by atoms with Gasteiger partial charge >= 0.3 is 0 Å². The van der Waals surface area contributed by atoms with Crippen LogP contribution in [0.1, 0.15) is 17.2 Å². The number of nitrogens with zero attached hydrogens (tertiary/aromatic N) is 4. The van der Waals surface area contributed by atoms with Gasteiger partial charge in [0.05, 0.1) is 5.38 Å². The van der Waals surface area contributed by atoms with Crippen LogP contribution in [0, 0.1) is 13.8 Å². The zero-order valence-electron chi connectivity index (χ0n) is 9.97. The highest BCUT2D eigenvalue weighted by molar-refractivity contribution is 6.42. The number of amides is 1. The van der Waals surface area contributed by atoms with Gasteiger partial charge in [0.2, 0.25) is 0 Å². The van der Waals surface area contributed by atoms with Crippen LogP contribution in [-0.4, -0.2) is 37.9 Å². The summed E-state index contributed by atoms with van der Waals surface area (Å²) in [6.07, 6.45) is 1.45. The molecule has 0 saturated carbocycles. The molecule has 0 spiro atoms. The molecule has 1 aliphatic heterocycles. The molecule has 7 heteroatoms. The summed E-state index contributed by atoms with van der Waals surface area (Å²) in [5.41, 5.74) is 1.70. The van der Waals surface area contributed by atoms with Crippen LogP contribution in [0.5, 0.6) is 0 Å². The van der Waals surface area contributed by atoms with Crippen LogP contribution in [0.3, 0.4) is 0 Å². The van der Waals surface area contributed by atoms with Crippen molar-refractivity contribution in [2.75, 3.05) is 0 Å². The predicted molar refractivity (Wildman–Crippen MR) is 69.8 cm³/mol. The molecular formula is C11H12Cl2N4O. The molecule has 0 fully saturated rings. The smallest absolute Gasteiger partial charge is 0.263 e. The number of hydrogen-bond acceptors (Lipinski definition) is 4. The van der Waals surface area contributed by atoms with E-state index >= 15 is 0 Å². The Morgan fingerprint density at radius 1 is 1.28 bits per heavy atom. The Morgan fingerprint density at radius 2 is 1.89 bits per heavy atom. The van der Waals surface area contributed by atoms with Gasteiger partial charge in [-0.2, -0.15) is 5.10 Å². The van der Waals surface area contributed by atoms with Gasteiger partial charge in [-0.3, -0.25) is 4.79 Å². The van der Waals surface area contributed by atoms with Gasteiger partial charge in [-0.05, 0) is 19.9 Å². The summed E-state index contributed by atoms with van der Waals surface area (Å²) in [6.45, 7) is 3.95. The van der Waals surface area contributed by atoms with Crippen LogP contribution < -0.4 is 0 Å². The number of aryl methyl sites for hydroxylation is 2. The maximum absolute atomic E-state index is 11.9. The molecule has 0 saturated heterocycles. The lowest BCUT2D eigenvalue weighted by Crippen LogP contribution is -2.42. The lowest BCUT2D eigenvalue weighted by molar-refractivity contribution is -0.131. The average Bonchev–Trinajstić information content (AvgIpc) is 2.29. The molecule has 5 nitrogen and oxygen atoms in total. The summed E-state index contributed by atoms with van der Waals surface area (Å²) in [5, 5.41) is 3.83. The van der Waals surface area contributed by atoms with Gasteiger partial charge in [0.15, 0.2) is 0 Å². The second kappa shape index (κ2) is 5.20. The third kappa shape index (κ3) is 2.79. The van der Waals surface area contributed by atoms with Crippen molar-refractivity contribution < 1.29 is 4.79 Å². The highest BCUT2D eigenvalue weighted by atomic mass is 35.5. The minimum absolute atomic E-state index is 0.199. The minimum atomic E-state index is -0.796. The second-order valence-electron chi connectivity index (χ2n) is 4.07. The van der Waals surface area contributed by atoms with Crippen molar-refractivity contribution in [1.29, 1.82) is 0 Å². The first-order valence-electron chi connectivity index (χ1n) is 5.42. The van der Waals surface area contributed by atoms with E-state index in [0.717, 1.165) is 11.4 Å². The first-order chi connectivity index (χ1) is 8.47. The summed E-state index contributed by atoms with van der Waals surface area (Å²) >= 11 is 11.7. The molecule has 1 aliphatic rings. The Hall–Kier alpha value is -1.20. The molecule has 0 aliphatic carbocycles. The second-order valence-corrected chi connectivity index (χ2v) is 5.05. The molecule has 18 heavy (non-hydrogen) atoms. The zero-order valence-corrected chi connectivity index (χ0v) is 11.5. The lowest BCUT2D eigenvalue weighted by Gasteiger charge is -2.25. The monoisotopic (exact) mass is 286 g/mol. The highest BCUT2D eigenvalue weighted by Gasteiger charge is 2.32. The number of halogens is 2. The summed E-state index contributed by atoms with van der Waals surface area (Å²) in [4.78, 5) is 20.4. The van der Waals surface area contributed by atoms with Crippen molar-refractivity contribution in [3.8, 4) is 0 Å². The molecule has 2 rings (SSSR count). The van der Waals surface area contributed by atoms with Crippen molar-refractivity contribution in [2.24, 2.45) is 5.10 Å². The molecule has 0 bridgehead atoms. The third-order valence-electron chi connectivity index (χ3n) is 2.44. The molecule has 96 valence electrons. The van der Waals surface area contributed by atoms with E-state index in [-0.39, 0.29) is 12.5 Å². The maximum Gasteiger partial charge on any atom is 0.263 e. The van der Waals surface area contributed by atoms with Crippen LogP contribution in [0.4, 0.5) is 0 Å². The number of rotatable bonds is 2. The molecule has 2 unspecified atom stereocenters. The first kappa shape index (κ1) is 13.2. The van der Waals surface area contributed by atoms with E-state index in [2.05, 4.69) is 15.1 Å². The van der Waals surface area contributed by atoms with Gasteiger partial charge in [-0.1, -0.05) is 0 Å². The molecule has 1 amide bonds. The van der Waals surface area contributed by atoms with E-state index in [9.17, 15) is 4.79 Å². The Morgan fingerprint density at radius 3 is 2.50 bits per heavy atom. The van der Waals surface area contributed by atoms with Crippen LogP contribution in [0.15, 0.2) is 11.2 Å². The predicted octanol–water partition coefficient (Wildman–Crippen LogP) is 1.64. The average molecular weight is 287 g/mol. The largest absolute Gasteiger partial charge is 0.271 e. The SMILES string of the molecule is Cc1cc(C)nc(CN2N=CC(Cl)C(Cl)C2=O)n1. The van der Waals surface area contributed by atoms with Crippen LogP contribution in [0.2, 0.25) is 0 Å². The Balaban J connectivity index is 2.19. The van der Waals surface area contributed by atoms with E-state index in [4.69, 9.17) is 23.2 Å². The molecular weight excluding hydrogens is 275 g/mol. The van der Waals surface area contributed by atoms with Crippen molar-refractivity contribution in [2.45, 2.75) is 31.1 Å². The van der Waals surface area contributed by atoms with E-state index in [1.54, 1.807) is 0 Å². The molecule has 2 heterocycles. The summed E-state index contributed by atoms with van der Waals surface area (Å²) < 4.78 is 0. The fourth-order valence-corrected chi connectivity index (χ4v) is 2.01. The third-order valence-corrected chi connectivity index (χ3v) is 3.39. The Bertz CT molecular complexity index is 486.